The zero-order valence-electron chi connectivity index (χ0n) is 40.8. The second-order valence-electron chi connectivity index (χ2n) is 15.8. The van der Waals surface area contributed by atoms with Crippen LogP contribution in [0.5, 0.6) is 0 Å². The largest absolute Gasteiger partial charge is 0.310 e. The molecule has 0 saturated heterocycles. The summed E-state index contributed by atoms with van der Waals surface area (Å²) in [6.45, 7) is 8.96. The number of fused-ring (bicyclic) bond motifs is 6. The van der Waals surface area contributed by atoms with Crippen molar-refractivity contribution in [3.05, 3.63) is 233 Å². The van der Waals surface area contributed by atoms with Gasteiger partial charge in [-0.3, -0.25) is 0 Å². The van der Waals surface area contributed by atoms with Gasteiger partial charge in [-0.15, -0.1) is 0 Å². The Bertz CT molecular complexity index is 3160. The van der Waals surface area contributed by atoms with Gasteiger partial charge in [0.25, 0.3) is 0 Å². The van der Waals surface area contributed by atoms with Gasteiger partial charge in [0.05, 0.1) is 17.8 Å². The third-order valence-corrected chi connectivity index (χ3v) is 12.7. The number of anilines is 3. The van der Waals surface area contributed by atoms with Gasteiger partial charge in [-0.25, -0.2) is 0 Å². The maximum atomic E-state index is 9.67. The molecular weight excluding hydrogens is 675 g/mol. The highest BCUT2D eigenvalue weighted by molar-refractivity contribution is 5.88. The molecule has 0 radical (unpaired) electrons. The van der Waals surface area contributed by atoms with E-state index in [0.717, 1.165) is 50.1 Å². The van der Waals surface area contributed by atoms with Crippen LogP contribution in [-0.2, 0) is 16.2 Å². The summed E-state index contributed by atoms with van der Waals surface area (Å²) in [6.07, 6.45) is 0. The third-order valence-electron chi connectivity index (χ3n) is 12.7. The molecule has 2 aliphatic rings. The quantitative estimate of drug-likeness (QED) is 0.165. The molecule has 1 heteroatoms. The van der Waals surface area contributed by atoms with Gasteiger partial charge in [0.15, 0.2) is 0 Å². The van der Waals surface area contributed by atoms with E-state index in [9.17, 15) is 5.48 Å². The van der Waals surface area contributed by atoms with Crippen LogP contribution in [-0.4, -0.2) is 0 Å². The SMILES string of the molecule is [2H]c1c([2H])c([2H])c(-c2c([2H])c([2H])c(N(c3ccc(C4(c5ccccc5)c5ccccc5-c5ccccc54)cc3)c3ccc4c(c3)C(C)(C)C(C)(C)c3ccccc3-4)c([2H])c2[2H])c([2H])c1[2H]. The Hall–Kier alpha value is -6.44. The highest BCUT2D eigenvalue weighted by Gasteiger charge is 2.47. The first-order valence-corrected chi connectivity index (χ1v) is 19.1. The molecule has 0 unspecified atom stereocenters. The number of hydrogen-bond donors (Lipinski definition) is 0. The van der Waals surface area contributed by atoms with Crippen molar-refractivity contribution in [2.45, 2.75) is 43.9 Å². The fourth-order valence-corrected chi connectivity index (χ4v) is 9.26. The van der Waals surface area contributed by atoms with E-state index in [1.165, 1.54) is 5.56 Å². The van der Waals surface area contributed by atoms with E-state index >= 15 is 0 Å². The van der Waals surface area contributed by atoms with Crippen molar-refractivity contribution >= 4 is 17.1 Å². The lowest BCUT2D eigenvalue weighted by Gasteiger charge is -2.48. The average molecular weight is 729 g/mol. The zero-order valence-corrected chi connectivity index (χ0v) is 31.8. The van der Waals surface area contributed by atoms with E-state index in [1.807, 2.05) is 30.3 Å². The maximum absolute atomic E-state index is 9.67. The monoisotopic (exact) mass is 728 g/mol. The minimum Gasteiger partial charge on any atom is -0.310 e. The van der Waals surface area contributed by atoms with Crippen LogP contribution in [0.3, 0.4) is 0 Å². The molecular formula is C55H45N. The van der Waals surface area contributed by atoms with Gasteiger partial charge < -0.3 is 4.90 Å². The summed E-state index contributed by atoms with van der Waals surface area (Å²) in [7, 11) is 0. The van der Waals surface area contributed by atoms with Crippen molar-refractivity contribution in [3.63, 3.8) is 0 Å². The summed E-state index contributed by atoms with van der Waals surface area (Å²) < 4.78 is 80.4. The number of nitrogens with zero attached hydrogens (tertiary/aromatic N) is 1. The Balaban J connectivity index is 1.24. The van der Waals surface area contributed by atoms with Gasteiger partial charge in [0.1, 0.15) is 0 Å². The fraction of sp³-hybridized carbons (Fsp3) is 0.127. The van der Waals surface area contributed by atoms with Crippen molar-refractivity contribution < 1.29 is 12.3 Å². The molecule has 0 saturated carbocycles. The van der Waals surface area contributed by atoms with Crippen LogP contribution < -0.4 is 4.90 Å². The van der Waals surface area contributed by atoms with E-state index in [4.69, 9.17) is 6.85 Å². The number of benzene rings is 8. The molecule has 0 atom stereocenters. The minimum absolute atomic E-state index is 0.0357. The van der Waals surface area contributed by atoms with Gasteiger partial charge in [-0.2, -0.15) is 0 Å². The molecule has 0 heterocycles. The molecule has 2 aliphatic carbocycles. The Morgan fingerprint density at radius 1 is 0.375 bits per heavy atom. The van der Waals surface area contributed by atoms with Crippen LogP contribution in [0.1, 0.15) is 73.4 Å². The molecule has 10 rings (SSSR count). The zero-order chi connectivity index (χ0) is 45.9. The second-order valence-corrected chi connectivity index (χ2v) is 15.8. The highest BCUT2D eigenvalue weighted by Crippen LogP contribution is 2.57. The Kier molecular flexibility index (Phi) is 5.86. The summed E-state index contributed by atoms with van der Waals surface area (Å²) in [5.41, 5.74) is 10.3. The Morgan fingerprint density at radius 2 is 0.839 bits per heavy atom. The minimum atomic E-state index is -0.679. The molecule has 0 spiro atoms. The first kappa shape index (κ1) is 25.6. The molecule has 0 aliphatic heterocycles. The standard InChI is InChI=1S/C55H45N/c1-53(2)49-24-14-11-21-45(49)48-36-35-44(37-52(48)54(53,3)4)56(42-31-27-39(28-32-42)38-17-7-5-8-18-38)43-33-29-41(30-34-43)55(40-19-9-6-10-20-40)50-25-15-12-22-46(50)47-23-13-16-26-51(47)55/h5-37H,1-4H3/i5D,7D,8D,17D,18D,27D,28D,31D,32D. The van der Waals surface area contributed by atoms with E-state index in [0.29, 0.717) is 11.4 Å². The Labute approximate surface area is 344 Å². The molecule has 0 bridgehead atoms. The van der Waals surface area contributed by atoms with Crippen LogP contribution >= 0.6 is 0 Å². The van der Waals surface area contributed by atoms with E-state index < -0.39 is 65.2 Å². The van der Waals surface area contributed by atoms with Crippen molar-refractivity contribution in [3.8, 4) is 33.4 Å². The van der Waals surface area contributed by atoms with Gasteiger partial charge in [-0.05, 0) is 114 Å². The second kappa shape index (κ2) is 12.8. The topological polar surface area (TPSA) is 3.24 Å². The molecule has 1 nitrogen and oxygen atoms in total. The maximum Gasteiger partial charge on any atom is 0.0713 e. The van der Waals surface area contributed by atoms with E-state index in [1.54, 1.807) is 4.90 Å². The first-order chi connectivity index (χ1) is 31.0. The van der Waals surface area contributed by atoms with E-state index in [-0.39, 0.29) is 22.2 Å². The third kappa shape index (κ3) is 4.93. The number of hydrogen-bond acceptors (Lipinski definition) is 1. The predicted molar refractivity (Wildman–Crippen MR) is 235 cm³/mol. The first-order valence-electron chi connectivity index (χ1n) is 23.6. The molecule has 0 N–H and O–H groups in total. The van der Waals surface area contributed by atoms with Crippen molar-refractivity contribution in [2.75, 3.05) is 4.90 Å². The lowest BCUT2D eigenvalue weighted by molar-refractivity contribution is 0.299. The van der Waals surface area contributed by atoms with Gasteiger partial charge in [0.2, 0.25) is 0 Å². The van der Waals surface area contributed by atoms with Gasteiger partial charge in [-0.1, -0.05) is 191 Å². The van der Waals surface area contributed by atoms with Crippen LogP contribution in [0.4, 0.5) is 17.1 Å². The Morgan fingerprint density at radius 3 is 1.46 bits per heavy atom. The summed E-state index contributed by atoms with van der Waals surface area (Å²) in [6, 6.07) is 45.3. The lowest BCUT2D eigenvalue weighted by atomic mass is 9.55. The summed E-state index contributed by atoms with van der Waals surface area (Å²) in [5, 5.41) is 0. The smallest absolute Gasteiger partial charge is 0.0713 e. The van der Waals surface area contributed by atoms with Crippen molar-refractivity contribution in [2.24, 2.45) is 0 Å². The molecule has 8 aromatic carbocycles. The predicted octanol–water partition coefficient (Wildman–Crippen LogP) is 14.4. The van der Waals surface area contributed by atoms with Crippen LogP contribution in [0.25, 0.3) is 33.4 Å². The molecule has 0 aromatic heterocycles. The lowest BCUT2D eigenvalue weighted by Crippen LogP contribution is -2.43. The molecule has 0 amide bonds. The van der Waals surface area contributed by atoms with Crippen LogP contribution in [0.2, 0.25) is 0 Å². The highest BCUT2D eigenvalue weighted by atomic mass is 15.1. The van der Waals surface area contributed by atoms with Crippen LogP contribution in [0.15, 0.2) is 200 Å². The molecule has 56 heavy (non-hydrogen) atoms. The molecule has 0 fully saturated rings. The van der Waals surface area contributed by atoms with Gasteiger partial charge >= 0.3 is 0 Å². The van der Waals surface area contributed by atoms with Crippen LogP contribution in [0, 0.1) is 0 Å². The fourth-order valence-electron chi connectivity index (χ4n) is 9.26. The molecule has 8 aromatic rings. The average Bonchev–Trinajstić information content (AvgIpc) is 3.63. The summed E-state index contributed by atoms with van der Waals surface area (Å²) in [5.74, 6) is 0. The van der Waals surface area contributed by atoms with Crippen molar-refractivity contribution in [1.82, 2.24) is 0 Å². The molecule has 270 valence electrons. The number of rotatable bonds is 6. The normalized spacial score (nSPS) is 17.5. The van der Waals surface area contributed by atoms with Crippen molar-refractivity contribution in [1.29, 1.82) is 0 Å². The van der Waals surface area contributed by atoms with E-state index in [2.05, 4.69) is 143 Å². The summed E-state index contributed by atoms with van der Waals surface area (Å²) in [4.78, 5) is 1.77. The van der Waals surface area contributed by atoms with Gasteiger partial charge in [0, 0.05) is 17.1 Å². The summed E-state index contributed by atoms with van der Waals surface area (Å²) >= 11 is 0.